The Balaban J connectivity index is 2.14. The quantitative estimate of drug-likeness (QED) is 0.863. The number of carbonyl (C=O) groups is 1. The molecule has 1 fully saturated rings. The van der Waals surface area contributed by atoms with Crippen molar-refractivity contribution in [3.05, 3.63) is 5.01 Å². The maximum atomic E-state index is 11.6. The Morgan fingerprint density at radius 2 is 2.35 bits per heavy atom. The van der Waals surface area contributed by atoms with Crippen LogP contribution in [-0.2, 0) is 16.0 Å². The van der Waals surface area contributed by atoms with Crippen molar-refractivity contribution in [3.63, 3.8) is 0 Å². The summed E-state index contributed by atoms with van der Waals surface area (Å²) in [5.41, 5.74) is -0.830. The summed E-state index contributed by atoms with van der Waals surface area (Å²) in [6.07, 6.45) is 3.44. The second-order valence-electron chi connectivity index (χ2n) is 5.27. The monoisotopic (exact) mass is 299 g/mol. The smallest absolute Gasteiger partial charge is 0.313 e. The number of methoxy groups -OCH3 is 1. The molecule has 112 valence electrons. The van der Waals surface area contributed by atoms with Gasteiger partial charge in [-0.3, -0.25) is 4.79 Å². The van der Waals surface area contributed by atoms with Crippen molar-refractivity contribution in [2.45, 2.75) is 32.6 Å². The molecular weight excluding hydrogens is 278 g/mol. The van der Waals surface area contributed by atoms with Gasteiger partial charge < -0.3 is 14.7 Å². The molecule has 0 bridgehead atoms. The first-order chi connectivity index (χ1) is 9.61. The van der Waals surface area contributed by atoms with Crippen molar-refractivity contribution in [2.75, 3.05) is 31.7 Å². The van der Waals surface area contributed by atoms with Gasteiger partial charge in [0, 0.05) is 26.6 Å². The molecule has 0 spiro atoms. The van der Waals surface area contributed by atoms with E-state index in [1.54, 1.807) is 18.4 Å². The summed E-state index contributed by atoms with van der Waals surface area (Å²) in [6.45, 7) is 3.62. The second kappa shape index (κ2) is 6.49. The third kappa shape index (κ3) is 3.09. The minimum atomic E-state index is -0.830. The van der Waals surface area contributed by atoms with E-state index in [4.69, 9.17) is 4.74 Å². The van der Waals surface area contributed by atoms with E-state index >= 15 is 0 Å². The number of nitrogens with zero attached hydrogens (tertiary/aromatic N) is 3. The lowest BCUT2D eigenvalue weighted by atomic mass is 9.81. The maximum absolute atomic E-state index is 11.6. The van der Waals surface area contributed by atoms with Gasteiger partial charge >= 0.3 is 5.97 Å². The van der Waals surface area contributed by atoms with Crippen LogP contribution < -0.4 is 4.90 Å². The average molecular weight is 299 g/mol. The SMILES string of the molecule is CCCc1nnc(N2CCCC(COC)(C(=O)O)C2)s1. The maximum Gasteiger partial charge on any atom is 0.313 e. The van der Waals surface area contributed by atoms with Crippen LogP contribution in [0, 0.1) is 5.41 Å². The molecule has 0 aromatic carbocycles. The van der Waals surface area contributed by atoms with Gasteiger partial charge in [-0.15, -0.1) is 10.2 Å². The van der Waals surface area contributed by atoms with E-state index in [9.17, 15) is 9.90 Å². The zero-order valence-electron chi connectivity index (χ0n) is 12.0. The minimum Gasteiger partial charge on any atom is -0.481 e. The van der Waals surface area contributed by atoms with Gasteiger partial charge in [0.1, 0.15) is 10.4 Å². The Bertz CT molecular complexity index is 461. The normalized spacial score (nSPS) is 23.0. The number of ether oxygens (including phenoxy) is 1. The Hall–Kier alpha value is -1.21. The van der Waals surface area contributed by atoms with E-state index in [0.717, 1.165) is 35.9 Å². The molecule has 2 rings (SSSR count). The van der Waals surface area contributed by atoms with Crippen molar-refractivity contribution in [1.82, 2.24) is 10.2 Å². The largest absolute Gasteiger partial charge is 0.481 e. The molecule has 0 amide bonds. The summed E-state index contributed by atoms with van der Waals surface area (Å²) in [6, 6.07) is 0. The fourth-order valence-electron chi connectivity index (χ4n) is 2.61. The van der Waals surface area contributed by atoms with Crippen LogP contribution >= 0.6 is 11.3 Å². The van der Waals surface area contributed by atoms with Crippen molar-refractivity contribution < 1.29 is 14.6 Å². The zero-order valence-corrected chi connectivity index (χ0v) is 12.8. The van der Waals surface area contributed by atoms with Crippen LogP contribution in [0.3, 0.4) is 0 Å². The average Bonchev–Trinajstić information content (AvgIpc) is 2.88. The standard InChI is InChI=1S/C13H21N3O3S/c1-3-5-10-14-15-12(20-10)16-7-4-6-13(8-16,9-19-2)11(17)18/h3-9H2,1-2H3,(H,17,18). The molecule has 1 aromatic rings. The van der Waals surface area contributed by atoms with Crippen molar-refractivity contribution in [2.24, 2.45) is 5.41 Å². The van der Waals surface area contributed by atoms with E-state index < -0.39 is 11.4 Å². The van der Waals surface area contributed by atoms with E-state index in [1.165, 1.54) is 0 Å². The summed E-state index contributed by atoms with van der Waals surface area (Å²) >= 11 is 1.56. The summed E-state index contributed by atoms with van der Waals surface area (Å²) in [4.78, 5) is 13.6. The molecular formula is C13H21N3O3S. The Morgan fingerprint density at radius 3 is 3.00 bits per heavy atom. The van der Waals surface area contributed by atoms with Crippen LogP contribution in [0.1, 0.15) is 31.2 Å². The van der Waals surface area contributed by atoms with Crippen LogP contribution in [0.15, 0.2) is 0 Å². The molecule has 1 unspecified atom stereocenters. The highest BCUT2D eigenvalue weighted by Crippen LogP contribution is 2.34. The highest BCUT2D eigenvalue weighted by molar-refractivity contribution is 7.15. The Morgan fingerprint density at radius 1 is 1.55 bits per heavy atom. The first-order valence-electron chi connectivity index (χ1n) is 6.91. The van der Waals surface area contributed by atoms with Crippen LogP contribution in [0.25, 0.3) is 0 Å². The first kappa shape index (κ1) is 15.2. The molecule has 1 aliphatic rings. The van der Waals surface area contributed by atoms with Gasteiger partial charge in [0.25, 0.3) is 0 Å². The number of piperidine rings is 1. The number of rotatable bonds is 6. The zero-order chi connectivity index (χ0) is 14.6. The Labute approximate surface area is 122 Å². The fourth-order valence-corrected chi connectivity index (χ4v) is 3.58. The predicted octanol–water partition coefficient (Wildman–Crippen LogP) is 1.81. The second-order valence-corrected chi connectivity index (χ2v) is 6.31. The van der Waals surface area contributed by atoms with Gasteiger partial charge in [-0.05, 0) is 19.3 Å². The molecule has 1 saturated heterocycles. The number of hydrogen-bond donors (Lipinski definition) is 1. The van der Waals surface area contributed by atoms with Crippen molar-refractivity contribution in [1.29, 1.82) is 0 Å². The van der Waals surface area contributed by atoms with E-state index in [2.05, 4.69) is 17.1 Å². The molecule has 0 saturated carbocycles. The molecule has 6 nitrogen and oxygen atoms in total. The van der Waals surface area contributed by atoms with Crippen LogP contribution in [0.5, 0.6) is 0 Å². The predicted molar refractivity (Wildman–Crippen MR) is 77.3 cm³/mol. The number of hydrogen-bond acceptors (Lipinski definition) is 6. The number of aryl methyl sites for hydroxylation is 1. The lowest BCUT2D eigenvalue weighted by molar-refractivity contribution is -0.153. The van der Waals surface area contributed by atoms with Gasteiger partial charge in [-0.1, -0.05) is 18.3 Å². The summed E-state index contributed by atoms with van der Waals surface area (Å²) in [5, 5.41) is 19.7. The van der Waals surface area contributed by atoms with Gasteiger partial charge in [0.15, 0.2) is 0 Å². The third-order valence-electron chi connectivity index (χ3n) is 3.64. The minimum absolute atomic E-state index is 0.236. The summed E-state index contributed by atoms with van der Waals surface area (Å²) in [7, 11) is 1.55. The summed E-state index contributed by atoms with van der Waals surface area (Å²) in [5.74, 6) is -0.789. The van der Waals surface area contributed by atoms with E-state index in [0.29, 0.717) is 13.0 Å². The van der Waals surface area contributed by atoms with Gasteiger partial charge in [0.2, 0.25) is 5.13 Å². The number of aliphatic carboxylic acids is 1. The molecule has 1 N–H and O–H groups in total. The molecule has 0 aliphatic carbocycles. The lowest BCUT2D eigenvalue weighted by Crippen LogP contribution is -2.50. The van der Waals surface area contributed by atoms with Crippen LogP contribution in [-0.4, -0.2) is 48.1 Å². The number of aromatic nitrogens is 2. The molecule has 1 aromatic heterocycles. The van der Waals surface area contributed by atoms with Gasteiger partial charge in [-0.2, -0.15) is 0 Å². The fraction of sp³-hybridized carbons (Fsp3) is 0.769. The van der Waals surface area contributed by atoms with E-state index in [1.807, 2.05) is 4.90 Å². The van der Waals surface area contributed by atoms with Crippen molar-refractivity contribution >= 4 is 22.4 Å². The molecule has 1 aliphatic heterocycles. The molecule has 2 heterocycles. The van der Waals surface area contributed by atoms with Crippen LogP contribution in [0.2, 0.25) is 0 Å². The molecule has 1 atom stereocenters. The molecule has 7 heteroatoms. The lowest BCUT2D eigenvalue weighted by Gasteiger charge is -2.39. The van der Waals surface area contributed by atoms with Crippen molar-refractivity contribution in [3.8, 4) is 0 Å². The van der Waals surface area contributed by atoms with Gasteiger partial charge in [0.05, 0.1) is 6.61 Å². The summed E-state index contributed by atoms with van der Waals surface area (Å²) < 4.78 is 5.13. The van der Waals surface area contributed by atoms with Crippen LogP contribution in [0.4, 0.5) is 5.13 Å². The van der Waals surface area contributed by atoms with Gasteiger partial charge in [-0.25, -0.2) is 0 Å². The Kier molecular flexibility index (Phi) is 4.93. The third-order valence-corrected chi connectivity index (χ3v) is 4.69. The molecule has 20 heavy (non-hydrogen) atoms. The number of anilines is 1. The first-order valence-corrected chi connectivity index (χ1v) is 7.72. The topological polar surface area (TPSA) is 75.5 Å². The molecule has 0 radical (unpaired) electrons. The highest BCUT2D eigenvalue weighted by atomic mass is 32.1. The number of carboxylic acids is 1. The number of carboxylic acid groups (broad SMARTS) is 1. The highest BCUT2D eigenvalue weighted by Gasteiger charge is 2.43. The van der Waals surface area contributed by atoms with E-state index in [-0.39, 0.29) is 6.61 Å².